The van der Waals surface area contributed by atoms with Crippen molar-refractivity contribution in [3.8, 4) is 0 Å². The molecule has 3 heterocycles. The Balaban J connectivity index is 1.56. The average Bonchev–Trinajstić information content (AvgIpc) is 2.69. The molecule has 2 aliphatic rings. The molecule has 0 aromatic carbocycles. The van der Waals surface area contributed by atoms with Gasteiger partial charge in [0.25, 0.3) is 0 Å². The Morgan fingerprint density at radius 3 is 2.52 bits per heavy atom. The molecule has 6 heteroatoms. The van der Waals surface area contributed by atoms with Gasteiger partial charge in [0.05, 0.1) is 6.54 Å². The number of halogens is 1. The van der Waals surface area contributed by atoms with Crippen molar-refractivity contribution in [3.05, 3.63) is 23.3 Å². The molecule has 0 spiro atoms. The number of fused-ring (bicyclic) bond motifs is 1. The first-order valence-corrected chi connectivity index (χ1v) is 8.29. The Morgan fingerprint density at radius 1 is 1.00 bits per heavy atom. The molecule has 2 aliphatic heterocycles. The minimum absolute atomic E-state index is 0.728. The van der Waals surface area contributed by atoms with Crippen LogP contribution in [0.2, 0.25) is 0 Å². The van der Waals surface area contributed by atoms with Crippen LogP contribution in [0.5, 0.6) is 0 Å². The Bertz CT molecular complexity index is 490. The molecule has 0 bridgehead atoms. The van der Waals surface area contributed by atoms with Gasteiger partial charge in [0.15, 0.2) is 0 Å². The summed E-state index contributed by atoms with van der Waals surface area (Å²) in [4.78, 5) is 4.83. The molecule has 0 radical (unpaired) electrons. The van der Waals surface area contributed by atoms with Crippen LogP contribution in [0.15, 0.2) is 11.6 Å². The maximum absolute atomic E-state index is 5.89. The van der Waals surface area contributed by atoms with Gasteiger partial charge in [-0.25, -0.2) is 0 Å². The van der Waals surface area contributed by atoms with Gasteiger partial charge < -0.3 is 4.57 Å². The molecular formula is C15H24ClN5. The van der Waals surface area contributed by atoms with E-state index < -0.39 is 0 Å². The second-order valence-corrected chi connectivity index (χ2v) is 6.60. The van der Waals surface area contributed by atoms with Gasteiger partial charge >= 0.3 is 0 Å². The fourth-order valence-electron chi connectivity index (χ4n) is 3.21. The molecule has 0 saturated carbocycles. The fourth-order valence-corrected chi connectivity index (χ4v) is 3.38. The van der Waals surface area contributed by atoms with Crippen LogP contribution in [-0.2, 0) is 19.5 Å². The van der Waals surface area contributed by atoms with Gasteiger partial charge in [0, 0.05) is 50.7 Å². The number of aryl methyl sites for hydroxylation is 1. The number of aromatic nitrogens is 3. The van der Waals surface area contributed by atoms with Crippen LogP contribution in [0.3, 0.4) is 0 Å². The fraction of sp³-hybridized carbons (Fsp3) is 0.733. The lowest BCUT2D eigenvalue weighted by molar-refractivity contribution is 0.132. The normalized spacial score (nSPS) is 21.0. The van der Waals surface area contributed by atoms with E-state index in [0.29, 0.717) is 0 Å². The third kappa shape index (κ3) is 3.84. The lowest BCUT2D eigenvalue weighted by Gasteiger charge is -2.34. The van der Waals surface area contributed by atoms with Gasteiger partial charge in [0.2, 0.25) is 0 Å². The monoisotopic (exact) mass is 309 g/mol. The first kappa shape index (κ1) is 15.0. The summed E-state index contributed by atoms with van der Waals surface area (Å²) in [6.45, 7) is 10.8. The first-order chi connectivity index (χ1) is 10.2. The number of rotatable bonds is 4. The largest absolute Gasteiger partial charge is 0.314 e. The molecule has 0 N–H and O–H groups in total. The van der Waals surface area contributed by atoms with E-state index in [4.69, 9.17) is 11.6 Å². The van der Waals surface area contributed by atoms with Crippen molar-refractivity contribution in [2.45, 2.75) is 38.8 Å². The highest BCUT2D eigenvalue weighted by Gasteiger charge is 2.21. The van der Waals surface area contributed by atoms with Crippen LogP contribution in [-0.4, -0.2) is 57.3 Å². The van der Waals surface area contributed by atoms with Crippen LogP contribution >= 0.6 is 11.6 Å². The second kappa shape index (κ2) is 6.90. The highest BCUT2D eigenvalue weighted by Crippen LogP contribution is 2.16. The van der Waals surface area contributed by atoms with Crippen LogP contribution in [0, 0.1) is 0 Å². The first-order valence-electron chi connectivity index (χ1n) is 7.91. The summed E-state index contributed by atoms with van der Waals surface area (Å²) < 4.78 is 2.35. The SMILES string of the molecule is C=C(Cl)CN1CCN(Cc2nnc3n2CCCCC3)CC1. The lowest BCUT2D eigenvalue weighted by atomic mass is 10.2. The highest BCUT2D eigenvalue weighted by molar-refractivity contribution is 6.29. The van der Waals surface area contributed by atoms with E-state index in [1.165, 1.54) is 25.1 Å². The number of hydrogen-bond acceptors (Lipinski definition) is 4. The zero-order valence-electron chi connectivity index (χ0n) is 12.6. The molecule has 0 aliphatic carbocycles. The molecule has 1 fully saturated rings. The molecule has 0 atom stereocenters. The van der Waals surface area contributed by atoms with Crippen molar-refractivity contribution in [2.75, 3.05) is 32.7 Å². The molecule has 0 amide bonds. The van der Waals surface area contributed by atoms with Crippen LogP contribution in [0.25, 0.3) is 0 Å². The summed E-state index contributed by atoms with van der Waals surface area (Å²) in [6.07, 6.45) is 4.89. The average molecular weight is 310 g/mol. The van der Waals surface area contributed by atoms with E-state index in [9.17, 15) is 0 Å². The Morgan fingerprint density at radius 2 is 1.76 bits per heavy atom. The molecule has 5 nitrogen and oxygen atoms in total. The van der Waals surface area contributed by atoms with Gasteiger partial charge in [-0.1, -0.05) is 24.6 Å². The summed E-state index contributed by atoms with van der Waals surface area (Å²) in [5.74, 6) is 2.32. The third-order valence-electron chi connectivity index (χ3n) is 4.41. The Kier molecular flexibility index (Phi) is 4.93. The second-order valence-electron chi connectivity index (χ2n) is 6.06. The van der Waals surface area contributed by atoms with Crippen LogP contribution in [0.4, 0.5) is 0 Å². The summed E-state index contributed by atoms with van der Waals surface area (Å²) in [6, 6.07) is 0. The van der Waals surface area contributed by atoms with Crippen molar-refractivity contribution < 1.29 is 0 Å². The van der Waals surface area contributed by atoms with Gasteiger partial charge in [-0.15, -0.1) is 10.2 Å². The third-order valence-corrected chi connectivity index (χ3v) is 4.53. The molecule has 0 unspecified atom stereocenters. The van der Waals surface area contributed by atoms with E-state index in [2.05, 4.69) is 31.1 Å². The number of nitrogens with zero attached hydrogens (tertiary/aromatic N) is 5. The predicted molar refractivity (Wildman–Crippen MR) is 84.3 cm³/mol. The topological polar surface area (TPSA) is 37.2 Å². The molecule has 1 aromatic heterocycles. The van der Waals surface area contributed by atoms with Crippen molar-refractivity contribution >= 4 is 11.6 Å². The molecule has 3 rings (SSSR count). The zero-order valence-corrected chi connectivity index (χ0v) is 13.4. The summed E-state index contributed by atoms with van der Waals surface area (Å²) in [5, 5.41) is 9.53. The van der Waals surface area contributed by atoms with E-state index in [1.807, 2.05) is 0 Å². The molecule has 1 saturated heterocycles. The van der Waals surface area contributed by atoms with Crippen molar-refractivity contribution in [1.82, 2.24) is 24.6 Å². The van der Waals surface area contributed by atoms with E-state index in [1.54, 1.807) is 0 Å². The standard InChI is InChI=1S/C15H24ClN5/c1-13(16)11-19-7-9-20(10-8-19)12-15-18-17-14-5-3-2-4-6-21(14)15/h1-12H2. The van der Waals surface area contributed by atoms with E-state index in [0.717, 1.165) is 63.1 Å². The summed E-state index contributed by atoms with van der Waals surface area (Å²) in [5.41, 5.74) is 0. The Labute approximate surface area is 131 Å². The maximum atomic E-state index is 5.89. The minimum Gasteiger partial charge on any atom is -0.314 e. The molecule has 21 heavy (non-hydrogen) atoms. The highest BCUT2D eigenvalue weighted by atomic mass is 35.5. The molecule has 1 aromatic rings. The summed E-state index contributed by atoms with van der Waals surface area (Å²) in [7, 11) is 0. The van der Waals surface area contributed by atoms with Crippen molar-refractivity contribution in [3.63, 3.8) is 0 Å². The summed E-state index contributed by atoms with van der Waals surface area (Å²) >= 11 is 5.89. The van der Waals surface area contributed by atoms with Gasteiger partial charge in [0.1, 0.15) is 11.6 Å². The van der Waals surface area contributed by atoms with Crippen molar-refractivity contribution in [2.24, 2.45) is 0 Å². The zero-order chi connectivity index (χ0) is 14.7. The Hall–Kier alpha value is -0.910. The van der Waals surface area contributed by atoms with E-state index >= 15 is 0 Å². The van der Waals surface area contributed by atoms with Gasteiger partial charge in [-0.3, -0.25) is 9.80 Å². The van der Waals surface area contributed by atoms with Crippen LogP contribution in [0.1, 0.15) is 30.9 Å². The number of hydrogen-bond donors (Lipinski definition) is 0. The smallest absolute Gasteiger partial charge is 0.147 e. The number of piperazine rings is 1. The molecular weight excluding hydrogens is 286 g/mol. The maximum Gasteiger partial charge on any atom is 0.147 e. The van der Waals surface area contributed by atoms with Gasteiger partial charge in [-0.2, -0.15) is 0 Å². The quantitative estimate of drug-likeness (QED) is 0.851. The van der Waals surface area contributed by atoms with Crippen LogP contribution < -0.4 is 0 Å². The van der Waals surface area contributed by atoms with E-state index in [-0.39, 0.29) is 0 Å². The minimum atomic E-state index is 0.728. The van der Waals surface area contributed by atoms with Crippen molar-refractivity contribution in [1.29, 1.82) is 0 Å². The molecule has 116 valence electrons. The lowest BCUT2D eigenvalue weighted by Crippen LogP contribution is -2.46. The van der Waals surface area contributed by atoms with Gasteiger partial charge in [-0.05, 0) is 12.8 Å². The predicted octanol–water partition coefficient (Wildman–Crippen LogP) is 1.87.